The van der Waals surface area contributed by atoms with Gasteiger partial charge in [-0.15, -0.1) is 0 Å². The standard InChI is InChI=1S/C49H74N12O14/c1-27(2)11-8-6-4-3-5-7-9-12-29-22-42(68)55-33(23-39(51)65)44(70)57-32(21-28-14-16-30(63)17-15-28)43(69)58-34(24-40(52)66)45(71)56-31(18-19-38(50)64)49(75)61-20-10-13-37(61)48(74)59-35(25-41(53)67)46(72)60-36(26-62)47(73)54-29/h3-4,14-17,27,29,31-37,62-63H,5-13,18-26H2,1-2H3,(H2,50,64)(H2,51,65)(H2,52,66)(H2,53,67)(H,54,73)(H,55,68)(H,56,71)(H,57,70)(H,58,69)(H,59,74)(H,60,72)/b4-3+/t29-,31-,32+,33+,34-,35+,36-,37+/m1/s1. The van der Waals surface area contributed by atoms with Crippen LogP contribution in [0.2, 0.25) is 0 Å². The summed E-state index contributed by atoms with van der Waals surface area (Å²) < 4.78 is 0. The number of phenolic OH excluding ortho intramolecular Hbond substituents is 1. The van der Waals surface area contributed by atoms with Gasteiger partial charge in [0.1, 0.15) is 48.0 Å². The maximum absolute atomic E-state index is 14.3. The molecule has 17 N–H and O–H groups in total. The van der Waals surface area contributed by atoms with Gasteiger partial charge in [-0.05, 0) is 75.0 Å². The van der Waals surface area contributed by atoms with Crippen molar-refractivity contribution in [2.24, 2.45) is 28.9 Å². The molecule has 2 heterocycles. The fourth-order valence-electron chi connectivity index (χ4n) is 8.44. The molecular formula is C49H74N12O14. The van der Waals surface area contributed by atoms with Gasteiger partial charge in [0.15, 0.2) is 0 Å². The van der Waals surface area contributed by atoms with Crippen molar-refractivity contribution in [1.29, 1.82) is 0 Å². The molecule has 26 heteroatoms. The van der Waals surface area contributed by atoms with Crippen LogP contribution in [0, 0.1) is 5.92 Å². The number of amides is 12. The summed E-state index contributed by atoms with van der Waals surface area (Å²) >= 11 is 0. The summed E-state index contributed by atoms with van der Waals surface area (Å²) in [5.74, 6) is -12.1. The number of hydrogen-bond acceptors (Lipinski definition) is 14. The van der Waals surface area contributed by atoms with Gasteiger partial charge in [-0.1, -0.05) is 51.0 Å². The van der Waals surface area contributed by atoms with Crippen molar-refractivity contribution >= 4 is 70.9 Å². The van der Waals surface area contributed by atoms with Gasteiger partial charge >= 0.3 is 0 Å². The number of nitrogens with zero attached hydrogens (tertiary/aromatic N) is 1. The second-order valence-corrected chi connectivity index (χ2v) is 19.2. The van der Waals surface area contributed by atoms with Crippen LogP contribution in [0.25, 0.3) is 0 Å². The first-order chi connectivity index (χ1) is 35.5. The van der Waals surface area contributed by atoms with E-state index in [0.29, 0.717) is 30.7 Å². The third-order valence-electron chi connectivity index (χ3n) is 12.4. The average Bonchev–Trinajstić information content (AvgIpc) is 3.83. The Kier molecular flexibility index (Phi) is 25.6. The lowest BCUT2D eigenvalue weighted by molar-refractivity contribution is -0.143. The molecule has 2 aliphatic rings. The van der Waals surface area contributed by atoms with Gasteiger partial charge in [0, 0.05) is 31.8 Å². The number of unbranched alkanes of at least 4 members (excludes halogenated alkanes) is 3. The summed E-state index contributed by atoms with van der Waals surface area (Å²) in [6.45, 7) is 3.17. The van der Waals surface area contributed by atoms with Crippen molar-refractivity contribution < 1.29 is 67.7 Å². The molecule has 0 radical (unpaired) electrons. The van der Waals surface area contributed by atoms with E-state index in [9.17, 15) is 67.7 Å². The van der Waals surface area contributed by atoms with E-state index in [-0.39, 0.29) is 38.0 Å². The number of allylic oxidation sites excluding steroid dienone is 2. The SMILES string of the molecule is CC(C)CCC/C=C/CCCC[C@@H]1CC(=O)N[C@@H](CC(N)=O)C(=O)N[C@@H](Cc2ccc(O)cc2)C(=O)N[C@H](CC(N)=O)C(=O)N[C@H](CCC(N)=O)C(=O)N2CCC[C@H]2C(=O)N[C@@H](CC(N)=O)C(=O)N[C@H](CO)C(=O)N1. The molecule has 26 nitrogen and oxygen atoms in total. The number of primary amides is 4. The minimum Gasteiger partial charge on any atom is -0.508 e. The third kappa shape index (κ3) is 22.2. The molecule has 12 amide bonds. The highest BCUT2D eigenvalue weighted by Gasteiger charge is 2.41. The van der Waals surface area contributed by atoms with E-state index < -0.39 is 164 Å². The fraction of sp³-hybridized carbons (Fsp3) is 0.592. The molecule has 0 aliphatic carbocycles. The monoisotopic (exact) mass is 1050 g/mol. The van der Waals surface area contributed by atoms with E-state index in [1.165, 1.54) is 24.3 Å². The Balaban J connectivity index is 2.13. The normalized spacial score (nSPS) is 24.1. The van der Waals surface area contributed by atoms with E-state index in [0.717, 1.165) is 24.2 Å². The summed E-state index contributed by atoms with van der Waals surface area (Å²) in [5, 5.41) is 37.2. The molecule has 0 bridgehead atoms. The van der Waals surface area contributed by atoms with Gasteiger partial charge in [-0.25, -0.2) is 0 Å². The summed E-state index contributed by atoms with van der Waals surface area (Å²) in [4.78, 5) is 162. The molecule has 0 saturated carbocycles. The lowest BCUT2D eigenvalue weighted by atomic mass is 10.0. The van der Waals surface area contributed by atoms with Crippen LogP contribution in [0.1, 0.15) is 116 Å². The van der Waals surface area contributed by atoms with Gasteiger partial charge in [0.25, 0.3) is 0 Å². The largest absolute Gasteiger partial charge is 0.508 e. The van der Waals surface area contributed by atoms with E-state index in [1.807, 2.05) is 6.08 Å². The lowest BCUT2D eigenvalue weighted by Gasteiger charge is -2.31. The zero-order valence-corrected chi connectivity index (χ0v) is 42.4. The Labute approximate surface area is 434 Å². The molecule has 0 unspecified atom stereocenters. The summed E-state index contributed by atoms with van der Waals surface area (Å²) in [5.41, 5.74) is 22.2. The minimum atomic E-state index is -1.86. The number of carbonyl (C=O) groups is 12. The summed E-state index contributed by atoms with van der Waals surface area (Å²) in [7, 11) is 0. The first-order valence-electron chi connectivity index (χ1n) is 25.1. The van der Waals surface area contributed by atoms with E-state index in [2.05, 4.69) is 57.1 Å². The first kappa shape index (κ1) is 61.7. The molecule has 0 spiro atoms. The highest BCUT2D eigenvalue weighted by Crippen LogP contribution is 2.21. The van der Waals surface area contributed by atoms with Crippen LogP contribution in [0.4, 0.5) is 0 Å². The Morgan fingerprint density at radius 2 is 1.11 bits per heavy atom. The fourth-order valence-corrected chi connectivity index (χ4v) is 8.44. The zero-order valence-electron chi connectivity index (χ0n) is 42.4. The molecule has 1 aromatic rings. The van der Waals surface area contributed by atoms with Gasteiger partial charge < -0.3 is 75.3 Å². The van der Waals surface area contributed by atoms with Crippen LogP contribution >= 0.6 is 0 Å². The molecule has 75 heavy (non-hydrogen) atoms. The lowest BCUT2D eigenvalue weighted by Crippen LogP contribution is -2.60. The molecular weight excluding hydrogens is 981 g/mol. The molecule has 2 saturated heterocycles. The molecule has 414 valence electrons. The number of carbonyl (C=O) groups excluding carboxylic acids is 12. The van der Waals surface area contributed by atoms with E-state index in [1.54, 1.807) is 0 Å². The van der Waals surface area contributed by atoms with Crippen LogP contribution < -0.4 is 60.2 Å². The Morgan fingerprint density at radius 3 is 1.65 bits per heavy atom. The van der Waals surface area contributed by atoms with Gasteiger partial charge in [0.05, 0.1) is 25.9 Å². The number of aliphatic hydroxyl groups excluding tert-OH is 1. The molecule has 3 rings (SSSR count). The minimum absolute atomic E-state index is 0.00100. The maximum Gasteiger partial charge on any atom is 0.245 e. The topological polar surface area (TPSA) is 437 Å². The number of nitrogens with two attached hydrogens (primary N) is 4. The number of hydrogen-bond donors (Lipinski definition) is 13. The van der Waals surface area contributed by atoms with Crippen molar-refractivity contribution in [1.82, 2.24) is 42.1 Å². The molecule has 2 aliphatic heterocycles. The molecule has 2 fully saturated rings. The Morgan fingerprint density at radius 1 is 0.613 bits per heavy atom. The van der Waals surface area contributed by atoms with Crippen molar-refractivity contribution in [3.05, 3.63) is 42.0 Å². The molecule has 0 aromatic heterocycles. The summed E-state index contributed by atoms with van der Waals surface area (Å²) in [6.07, 6.45) is 4.81. The Bertz CT molecular complexity index is 2240. The van der Waals surface area contributed by atoms with Crippen molar-refractivity contribution in [2.75, 3.05) is 13.2 Å². The zero-order chi connectivity index (χ0) is 55.8. The Hall–Kier alpha value is -7.64. The van der Waals surface area contributed by atoms with Crippen LogP contribution in [-0.2, 0) is 64.0 Å². The number of fused-ring (bicyclic) bond motifs is 1. The second-order valence-electron chi connectivity index (χ2n) is 19.2. The molecule has 1 aromatic carbocycles. The first-order valence-corrected chi connectivity index (χ1v) is 25.1. The number of aromatic hydroxyl groups is 1. The van der Waals surface area contributed by atoms with Crippen LogP contribution in [-0.4, -0.2) is 147 Å². The van der Waals surface area contributed by atoms with Crippen LogP contribution in [0.15, 0.2) is 36.4 Å². The van der Waals surface area contributed by atoms with Crippen molar-refractivity contribution in [3.8, 4) is 5.75 Å². The highest BCUT2D eigenvalue weighted by molar-refractivity contribution is 6.00. The van der Waals surface area contributed by atoms with Crippen molar-refractivity contribution in [2.45, 2.75) is 165 Å². The third-order valence-corrected chi connectivity index (χ3v) is 12.4. The van der Waals surface area contributed by atoms with E-state index in [4.69, 9.17) is 22.9 Å². The quantitative estimate of drug-likeness (QED) is 0.0421. The number of aliphatic hydroxyl groups is 1. The summed E-state index contributed by atoms with van der Waals surface area (Å²) in [6, 6.07) is -7.44. The predicted octanol–water partition coefficient (Wildman–Crippen LogP) is -3.45. The maximum atomic E-state index is 14.3. The highest BCUT2D eigenvalue weighted by atomic mass is 16.3. The van der Waals surface area contributed by atoms with Gasteiger partial charge in [0.2, 0.25) is 70.9 Å². The average molecular weight is 1060 g/mol. The van der Waals surface area contributed by atoms with E-state index >= 15 is 0 Å². The number of rotatable bonds is 21. The second kappa shape index (κ2) is 31.2. The smallest absolute Gasteiger partial charge is 0.245 e. The van der Waals surface area contributed by atoms with Crippen LogP contribution in [0.5, 0.6) is 5.75 Å². The predicted molar refractivity (Wildman–Crippen MR) is 268 cm³/mol. The van der Waals surface area contributed by atoms with Gasteiger partial charge in [-0.3, -0.25) is 57.5 Å². The number of phenols is 1. The molecule has 8 atom stereocenters. The number of nitrogens with one attached hydrogen (secondary N) is 7. The number of benzene rings is 1. The van der Waals surface area contributed by atoms with Crippen molar-refractivity contribution in [3.63, 3.8) is 0 Å². The van der Waals surface area contributed by atoms with Crippen LogP contribution in [0.3, 0.4) is 0 Å². The van der Waals surface area contributed by atoms with Gasteiger partial charge in [-0.2, -0.15) is 0 Å².